The van der Waals surface area contributed by atoms with E-state index in [9.17, 15) is 9.90 Å². The topological polar surface area (TPSA) is 37.3 Å². The molecule has 12 heavy (non-hydrogen) atoms. The third-order valence-electron chi connectivity index (χ3n) is 2.23. The Morgan fingerprint density at radius 2 is 2.08 bits per heavy atom. The molecule has 70 valence electrons. The van der Waals surface area contributed by atoms with Crippen LogP contribution < -0.4 is 0 Å². The fraction of sp³-hybridized carbons (Fsp3) is 0.700. The summed E-state index contributed by atoms with van der Waals surface area (Å²) in [5.41, 5.74) is 0.731. The average Bonchev–Trinajstić information content (AvgIpc) is 2.12. The lowest BCUT2D eigenvalue weighted by Gasteiger charge is -2.15. The van der Waals surface area contributed by atoms with E-state index in [1.807, 2.05) is 13.8 Å². The van der Waals surface area contributed by atoms with Crippen molar-refractivity contribution in [3.8, 4) is 0 Å². The quantitative estimate of drug-likeness (QED) is 0.654. The third kappa shape index (κ3) is 2.78. The normalized spacial score (nSPS) is 17.2. The van der Waals surface area contributed by atoms with Gasteiger partial charge in [0.05, 0.1) is 6.10 Å². The zero-order chi connectivity index (χ0) is 9.72. The highest BCUT2D eigenvalue weighted by Crippen LogP contribution is 2.12. The van der Waals surface area contributed by atoms with Gasteiger partial charge in [0.2, 0.25) is 0 Å². The van der Waals surface area contributed by atoms with Crippen molar-refractivity contribution >= 4 is 5.78 Å². The van der Waals surface area contributed by atoms with Crippen LogP contribution in [0.3, 0.4) is 0 Å². The van der Waals surface area contributed by atoms with Crippen LogP contribution >= 0.6 is 0 Å². The van der Waals surface area contributed by atoms with E-state index in [0.717, 1.165) is 5.57 Å². The van der Waals surface area contributed by atoms with Crippen LogP contribution in [0.15, 0.2) is 11.6 Å². The first-order valence-electron chi connectivity index (χ1n) is 4.39. The molecule has 0 unspecified atom stereocenters. The Balaban J connectivity index is 4.29. The lowest BCUT2D eigenvalue weighted by Crippen LogP contribution is -2.25. The highest BCUT2D eigenvalue weighted by Gasteiger charge is 2.20. The molecule has 0 aliphatic heterocycles. The maximum Gasteiger partial charge on any atom is 0.163 e. The first kappa shape index (κ1) is 11.4. The highest BCUT2D eigenvalue weighted by molar-refractivity contribution is 5.96. The molecule has 0 aliphatic rings. The molecule has 0 saturated carbocycles. The molecule has 0 radical (unpaired) electrons. The summed E-state index contributed by atoms with van der Waals surface area (Å²) >= 11 is 0. The molecular weight excluding hydrogens is 152 g/mol. The minimum Gasteiger partial charge on any atom is -0.392 e. The van der Waals surface area contributed by atoms with E-state index in [0.29, 0.717) is 6.42 Å². The predicted octanol–water partition coefficient (Wildman–Crippen LogP) is 1.93. The maximum absolute atomic E-state index is 11.4. The molecule has 0 aromatic carbocycles. The van der Waals surface area contributed by atoms with Crippen LogP contribution in [0.4, 0.5) is 0 Å². The van der Waals surface area contributed by atoms with Crippen molar-refractivity contribution in [1.82, 2.24) is 0 Å². The van der Waals surface area contributed by atoms with Crippen LogP contribution in [-0.4, -0.2) is 17.0 Å². The Kier molecular flexibility index (Phi) is 4.83. The minimum atomic E-state index is -0.507. The molecule has 0 aliphatic carbocycles. The number of hydrogen-bond acceptors (Lipinski definition) is 2. The van der Waals surface area contributed by atoms with E-state index in [1.165, 1.54) is 0 Å². The van der Waals surface area contributed by atoms with Crippen molar-refractivity contribution in [2.45, 2.75) is 40.2 Å². The predicted molar refractivity (Wildman–Crippen MR) is 49.9 cm³/mol. The number of Topliss-reactive ketones (excluding diaryl/α,β-unsaturated/α-hetero) is 1. The van der Waals surface area contributed by atoms with E-state index in [2.05, 4.69) is 0 Å². The minimum absolute atomic E-state index is 0.0480. The van der Waals surface area contributed by atoms with Gasteiger partial charge in [0.25, 0.3) is 0 Å². The van der Waals surface area contributed by atoms with Gasteiger partial charge in [0.1, 0.15) is 0 Å². The van der Waals surface area contributed by atoms with Crippen molar-refractivity contribution in [1.29, 1.82) is 0 Å². The molecule has 0 bridgehead atoms. The summed E-state index contributed by atoms with van der Waals surface area (Å²) < 4.78 is 0. The second-order valence-corrected chi connectivity index (χ2v) is 3.10. The van der Waals surface area contributed by atoms with Gasteiger partial charge in [-0.2, -0.15) is 0 Å². The van der Waals surface area contributed by atoms with E-state index in [4.69, 9.17) is 0 Å². The monoisotopic (exact) mass is 170 g/mol. The van der Waals surface area contributed by atoms with Gasteiger partial charge in [0.15, 0.2) is 5.78 Å². The molecule has 1 N–H and O–H groups in total. The van der Waals surface area contributed by atoms with Gasteiger partial charge < -0.3 is 5.11 Å². The number of carbonyl (C=O) groups excluding carboxylic acids is 1. The Morgan fingerprint density at radius 3 is 2.42 bits per heavy atom. The fourth-order valence-corrected chi connectivity index (χ4v) is 1.03. The molecule has 0 heterocycles. The van der Waals surface area contributed by atoms with Gasteiger partial charge in [-0.15, -0.1) is 0 Å². The van der Waals surface area contributed by atoms with Crippen LogP contribution in [0.1, 0.15) is 34.1 Å². The first-order valence-corrected chi connectivity index (χ1v) is 4.39. The second-order valence-electron chi connectivity index (χ2n) is 3.10. The number of carbonyl (C=O) groups is 1. The van der Waals surface area contributed by atoms with E-state index >= 15 is 0 Å². The van der Waals surface area contributed by atoms with Gasteiger partial charge in [-0.25, -0.2) is 0 Å². The average molecular weight is 170 g/mol. The summed E-state index contributed by atoms with van der Waals surface area (Å²) in [5.74, 6) is -0.224. The van der Waals surface area contributed by atoms with Gasteiger partial charge in [-0.05, 0) is 25.8 Å². The Labute approximate surface area is 74.3 Å². The van der Waals surface area contributed by atoms with Gasteiger partial charge in [-0.1, -0.05) is 19.9 Å². The van der Waals surface area contributed by atoms with Crippen molar-refractivity contribution in [3.05, 3.63) is 11.6 Å². The van der Waals surface area contributed by atoms with Gasteiger partial charge in [-0.3, -0.25) is 4.79 Å². The molecule has 0 aromatic rings. The zero-order valence-corrected chi connectivity index (χ0v) is 8.29. The number of rotatable bonds is 4. The van der Waals surface area contributed by atoms with Crippen LogP contribution in [0, 0.1) is 5.92 Å². The summed E-state index contributed by atoms with van der Waals surface area (Å²) in [5, 5.41) is 9.39. The van der Waals surface area contributed by atoms with Crippen molar-refractivity contribution in [2.75, 3.05) is 0 Å². The van der Waals surface area contributed by atoms with Crippen molar-refractivity contribution in [2.24, 2.45) is 5.92 Å². The number of allylic oxidation sites excluding steroid dienone is 2. The smallest absolute Gasteiger partial charge is 0.163 e. The number of aliphatic hydroxyl groups is 1. The van der Waals surface area contributed by atoms with E-state index in [1.54, 1.807) is 19.9 Å². The zero-order valence-electron chi connectivity index (χ0n) is 8.29. The standard InChI is InChI=1S/C10H18O2/c1-5-7(3)10(12)8(4)9(11)6-2/h5,8-9,11H,6H2,1-4H3/b7-5-/t8-,9-/m1/s1. The molecule has 0 spiro atoms. The highest BCUT2D eigenvalue weighted by atomic mass is 16.3. The number of ketones is 1. The molecule has 0 amide bonds. The number of aliphatic hydroxyl groups excluding tert-OH is 1. The fourth-order valence-electron chi connectivity index (χ4n) is 1.03. The van der Waals surface area contributed by atoms with Crippen LogP contribution in [0.2, 0.25) is 0 Å². The first-order chi connectivity index (χ1) is 5.54. The molecule has 0 aromatic heterocycles. The van der Waals surface area contributed by atoms with E-state index < -0.39 is 6.10 Å². The van der Waals surface area contributed by atoms with Crippen LogP contribution in [0.25, 0.3) is 0 Å². The second kappa shape index (κ2) is 5.09. The SMILES string of the molecule is C/C=C(/C)C(=O)[C@H](C)[C@H](O)CC. The molecule has 2 nitrogen and oxygen atoms in total. The van der Waals surface area contributed by atoms with Gasteiger partial charge >= 0.3 is 0 Å². The van der Waals surface area contributed by atoms with Gasteiger partial charge in [0, 0.05) is 5.92 Å². The van der Waals surface area contributed by atoms with Crippen molar-refractivity contribution < 1.29 is 9.90 Å². The molecule has 0 rings (SSSR count). The Bertz CT molecular complexity index is 182. The van der Waals surface area contributed by atoms with Crippen molar-refractivity contribution in [3.63, 3.8) is 0 Å². The summed E-state index contributed by atoms with van der Waals surface area (Å²) in [4.78, 5) is 11.4. The Hall–Kier alpha value is -0.630. The lowest BCUT2D eigenvalue weighted by molar-refractivity contribution is -0.121. The Morgan fingerprint density at radius 1 is 1.58 bits per heavy atom. The summed E-state index contributed by atoms with van der Waals surface area (Å²) in [6.07, 6.45) is 1.90. The number of hydrogen-bond donors (Lipinski definition) is 1. The molecule has 2 heteroatoms. The summed E-state index contributed by atoms with van der Waals surface area (Å²) in [6.45, 7) is 7.25. The summed E-state index contributed by atoms with van der Waals surface area (Å²) in [6, 6.07) is 0. The van der Waals surface area contributed by atoms with Crippen LogP contribution in [0.5, 0.6) is 0 Å². The molecule has 2 atom stereocenters. The summed E-state index contributed by atoms with van der Waals surface area (Å²) in [7, 11) is 0. The molecule has 0 saturated heterocycles. The molecular formula is C10H18O2. The van der Waals surface area contributed by atoms with E-state index in [-0.39, 0.29) is 11.7 Å². The lowest BCUT2D eigenvalue weighted by atomic mass is 9.93. The third-order valence-corrected chi connectivity index (χ3v) is 2.23. The van der Waals surface area contributed by atoms with Crippen LogP contribution in [-0.2, 0) is 4.79 Å². The largest absolute Gasteiger partial charge is 0.392 e. The molecule has 0 fully saturated rings. The maximum atomic E-state index is 11.4.